The summed E-state index contributed by atoms with van der Waals surface area (Å²) in [4.78, 5) is 14.9. The average Bonchev–Trinajstić information content (AvgIpc) is 3.46. The number of carbonyl (C=O) groups is 1. The summed E-state index contributed by atoms with van der Waals surface area (Å²) in [7, 11) is 0. The number of nitrogens with zero attached hydrogens (tertiary/aromatic N) is 3. The summed E-state index contributed by atoms with van der Waals surface area (Å²) in [6, 6.07) is 13.1. The maximum absolute atomic E-state index is 13.1. The standard InChI is InChI=1S/C22H21BrClN3O3/c1-13-3-10-19(18(23)11-13)29-14(2)22(28)27(17-8-9-17)12-20-25-26-21(30-20)15-4-6-16(24)7-5-15/h3-7,10-11,14,17H,8-9,12H2,1-2H3. The zero-order valence-electron chi connectivity index (χ0n) is 16.6. The monoisotopic (exact) mass is 489 g/mol. The summed E-state index contributed by atoms with van der Waals surface area (Å²) >= 11 is 9.42. The van der Waals surface area contributed by atoms with Crippen molar-refractivity contribution >= 4 is 33.4 Å². The Hall–Kier alpha value is -2.38. The van der Waals surface area contributed by atoms with Crippen molar-refractivity contribution in [2.24, 2.45) is 0 Å². The van der Waals surface area contributed by atoms with Crippen LogP contribution in [0.4, 0.5) is 0 Å². The predicted molar refractivity (Wildman–Crippen MR) is 117 cm³/mol. The third-order valence-electron chi connectivity index (χ3n) is 4.87. The minimum atomic E-state index is -0.636. The van der Waals surface area contributed by atoms with Gasteiger partial charge in [0, 0.05) is 16.6 Å². The average molecular weight is 491 g/mol. The van der Waals surface area contributed by atoms with Gasteiger partial charge in [-0.3, -0.25) is 4.79 Å². The molecule has 1 fully saturated rings. The lowest BCUT2D eigenvalue weighted by molar-refractivity contribution is -0.139. The highest BCUT2D eigenvalue weighted by atomic mass is 79.9. The Morgan fingerprint density at radius 2 is 2.00 bits per heavy atom. The molecule has 8 heteroatoms. The van der Waals surface area contributed by atoms with E-state index in [0.29, 0.717) is 22.6 Å². The van der Waals surface area contributed by atoms with Crippen molar-refractivity contribution in [3.05, 3.63) is 63.4 Å². The summed E-state index contributed by atoms with van der Waals surface area (Å²) in [5.74, 6) is 1.33. The molecule has 3 aromatic rings. The fourth-order valence-electron chi connectivity index (χ4n) is 3.12. The quantitative estimate of drug-likeness (QED) is 0.442. The molecule has 1 aliphatic carbocycles. The van der Waals surface area contributed by atoms with Gasteiger partial charge in [0.25, 0.3) is 5.91 Å². The Labute approximate surface area is 188 Å². The molecule has 1 aromatic heterocycles. The van der Waals surface area contributed by atoms with Crippen molar-refractivity contribution < 1.29 is 13.9 Å². The molecule has 4 rings (SSSR count). The molecule has 156 valence electrons. The Balaban J connectivity index is 1.46. The van der Waals surface area contributed by atoms with Gasteiger partial charge in [-0.15, -0.1) is 10.2 Å². The van der Waals surface area contributed by atoms with E-state index in [0.717, 1.165) is 28.4 Å². The highest BCUT2D eigenvalue weighted by molar-refractivity contribution is 9.10. The molecule has 6 nitrogen and oxygen atoms in total. The van der Waals surface area contributed by atoms with Crippen LogP contribution in [0.5, 0.6) is 5.75 Å². The van der Waals surface area contributed by atoms with Gasteiger partial charge in [0.2, 0.25) is 11.8 Å². The third kappa shape index (κ3) is 4.84. The number of halogens is 2. The number of carbonyl (C=O) groups excluding carboxylic acids is 1. The Kier molecular flexibility index (Phi) is 6.11. The fraction of sp³-hybridized carbons (Fsp3) is 0.318. The smallest absolute Gasteiger partial charge is 0.264 e. The molecule has 2 aromatic carbocycles. The van der Waals surface area contributed by atoms with Gasteiger partial charge in [0.15, 0.2) is 6.10 Å². The van der Waals surface area contributed by atoms with Crippen LogP contribution < -0.4 is 4.74 Å². The topological polar surface area (TPSA) is 68.5 Å². The Morgan fingerprint density at radius 3 is 2.67 bits per heavy atom. The molecule has 0 aliphatic heterocycles. The molecular weight excluding hydrogens is 470 g/mol. The zero-order chi connectivity index (χ0) is 21.3. The number of rotatable bonds is 7. The minimum Gasteiger partial charge on any atom is -0.480 e. The molecule has 0 bridgehead atoms. The minimum absolute atomic E-state index is 0.101. The second kappa shape index (κ2) is 8.78. The van der Waals surface area contributed by atoms with Gasteiger partial charge in [-0.1, -0.05) is 17.7 Å². The molecule has 1 unspecified atom stereocenters. The first-order valence-electron chi connectivity index (χ1n) is 9.72. The lowest BCUT2D eigenvalue weighted by Crippen LogP contribution is -2.41. The maximum Gasteiger partial charge on any atom is 0.264 e. The molecule has 0 spiro atoms. The van der Waals surface area contributed by atoms with Crippen molar-refractivity contribution in [3.63, 3.8) is 0 Å². The molecule has 0 radical (unpaired) electrons. The van der Waals surface area contributed by atoms with Gasteiger partial charge < -0.3 is 14.1 Å². The predicted octanol–water partition coefficient (Wildman–Crippen LogP) is 5.42. The lowest BCUT2D eigenvalue weighted by atomic mass is 10.2. The van der Waals surface area contributed by atoms with Gasteiger partial charge >= 0.3 is 0 Å². The van der Waals surface area contributed by atoms with Crippen molar-refractivity contribution in [2.75, 3.05) is 0 Å². The van der Waals surface area contributed by atoms with Crippen LogP contribution in [0.15, 0.2) is 51.4 Å². The van der Waals surface area contributed by atoms with E-state index in [-0.39, 0.29) is 18.5 Å². The number of hydrogen-bond acceptors (Lipinski definition) is 5. The summed E-state index contributed by atoms with van der Waals surface area (Å²) in [6.07, 6.45) is 1.29. The molecular formula is C22H21BrClN3O3. The summed E-state index contributed by atoms with van der Waals surface area (Å²) in [6.45, 7) is 4.02. The van der Waals surface area contributed by atoms with E-state index in [4.69, 9.17) is 20.8 Å². The molecule has 0 N–H and O–H groups in total. The van der Waals surface area contributed by atoms with Crippen molar-refractivity contribution in [1.82, 2.24) is 15.1 Å². The number of ether oxygens (including phenoxy) is 1. The van der Waals surface area contributed by atoms with Gasteiger partial charge in [-0.2, -0.15) is 0 Å². The van der Waals surface area contributed by atoms with Crippen LogP contribution in [0, 0.1) is 6.92 Å². The van der Waals surface area contributed by atoms with E-state index in [2.05, 4.69) is 26.1 Å². The van der Waals surface area contributed by atoms with Gasteiger partial charge in [-0.25, -0.2) is 0 Å². The van der Waals surface area contributed by atoms with E-state index < -0.39 is 6.10 Å². The SMILES string of the molecule is Cc1ccc(OC(C)C(=O)N(Cc2nnc(-c3ccc(Cl)cc3)o2)C2CC2)c(Br)c1. The van der Waals surface area contributed by atoms with Crippen LogP contribution in [0.1, 0.15) is 31.2 Å². The van der Waals surface area contributed by atoms with Crippen LogP contribution in [0.2, 0.25) is 5.02 Å². The largest absolute Gasteiger partial charge is 0.480 e. The second-order valence-electron chi connectivity index (χ2n) is 7.40. The lowest BCUT2D eigenvalue weighted by Gasteiger charge is -2.25. The molecule has 1 atom stereocenters. The van der Waals surface area contributed by atoms with Gasteiger partial charge in [-0.05, 0) is 84.6 Å². The molecule has 1 aliphatic rings. The number of aryl methyl sites for hydroxylation is 1. The number of hydrogen-bond donors (Lipinski definition) is 0. The van der Waals surface area contributed by atoms with Crippen molar-refractivity contribution in [3.8, 4) is 17.2 Å². The van der Waals surface area contributed by atoms with E-state index >= 15 is 0 Å². The zero-order valence-corrected chi connectivity index (χ0v) is 19.0. The first-order valence-corrected chi connectivity index (χ1v) is 10.9. The number of amides is 1. The Morgan fingerprint density at radius 1 is 1.27 bits per heavy atom. The molecule has 1 amide bonds. The highest BCUT2D eigenvalue weighted by Crippen LogP contribution is 2.31. The van der Waals surface area contributed by atoms with Gasteiger partial charge in [0.1, 0.15) is 5.75 Å². The molecule has 1 heterocycles. The Bertz CT molecular complexity index is 1050. The van der Waals surface area contributed by atoms with E-state index in [9.17, 15) is 4.79 Å². The van der Waals surface area contributed by atoms with E-state index in [1.54, 1.807) is 24.0 Å². The van der Waals surface area contributed by atoms with Crippen LogP contribution in [0.3, 0.4) is 0 Å². The molecule has 0 saturated heterocycles. The van der Waals surface area contributed by atoms with E-state index in [1.807, 2.05) is 37.3 Å². The first kappa shape index (κ1) is 20.9. The second-order valence-corrected chi connectivity index (χ2v) is 8.69. The van der Waals surface area contributed by atoms with Crippen LogP contribution in [0.25, 0.3) is 11.5 Å². The third-order valence-corrected chi connectivity index (χ3v) is 5.74. The normalized spacial score (nSPS) is 14.4. The highest BCUT2D eigenvalue weighted by Gasteiger charge is 2.36. The van der Waals surface area contributed by atoms with Crippen LogP contribution in [-0.2, 0) is 11.3 Å². The summed E-state index contributed by atoms with van der Waals surface area (Å²) in [5.41, 5.74) is 1.89. The number of benzene rings is 2. The fourth-order valence-corrected chi connectivity index (χ4v) is 3.83. The maximum atomic E-state index is 13.1. The van der Waals surface area contributed by atoms with Crippen molar-refractivity contribution in [1.29, 1.82) is 0 Å². The molecule has 1 saturated carbocycles. The van der Waals surface area contributed by atoms with Crippen molar-refractivity contribution in [2.45, 2.75) is 45.4 Å². The first-order chi connectivity index (χ1) is 14.4. The van der Waals surface area contributed by atoms with Crippen LogP contribution >= 0.6 is 27.5 Å². The number of aromatic nitrogens is 2. The molecule has 30 heavy (non-hydrogen) atoms. The summed E-state index contributed by atoms with van der Waals surface area (Å²) < 4.78 is 12.5. The van der Waals surface area contributed by atoms with Gasteiger partial charge in [0.05, 0.1) is 11.0 Å². The van der Waals surface area contributed by atoms with Crippen LogP contribution in [-0.4, -0.2) is 33.2 Å². The summed E-state index contributed by atoms with van der Waals surface area (Å²) in [5, 5.41) is 8.87. The van der Waals surface area contributed by atoms with E-state index in [1.165, 1.54) is 0 Å².